The van der Waals surface area contributed by atoms with Crippen molar-refractivity contribution in [2.24, 2.45) is 5.73 Å². The Balaban J connectivity index is 2.62. The van der Waals surface area contributed by atoms with Crippen molar-refractivity contribution in [2.45, 2.75) is 37.6 Å². The van der Waals surface area contributed by atoms with Crippen molar-refractivity contribution in [1.82, 2.24) is 0 Å². The van der Waals surface area contributed by atoms with E-state index in [9.17, 15) is 0 Å². The average Bonchev–Trinajstić information content (AvgIpc) is 2.30. The van der Waals surface area contributed by atoms with E-state index in [2.05, 4.69) is 44.7 Å². The topological polar surface area (TPSA) is 26.0 Å². The molecule has 1 aromatic rings. The van der Waals surface area contributed by atoms with E-state index in [1.54, 1.807) is 0 Å². The zero-order chi connectivity index (χ0) is 12.0. The van der Waals surface area contributed by atoms with E-state index >= 15 is 0 Å². The second-order valence-electron chi connectivity index (χ2n) is 3.92. The third-order valence-corrected chi connectivity index (χ3v) is 3.52. The summed E-state index contributed by atoms with van der Waals surface area (Å²) in [6.45, 7) is 8.28. The first-order chi connectivity index (χ1) is 7.67. The Kier molecular flexibility index (Phi) is 5.64. The van der Waals surface area contributed by atoms with E-state index in [0.717, 1.165) is 18.6 Å². The normalized spacial score (nSPS) is 12.4. The van der Waals surface area contributed by atoms with E-state index in [1.807, 2.05) is 11.8 Å². The van der Waals surface area contributed by atoms with Gasteiger partial charge in [-0.15, -0.1) is 11.8 Å². The summed E-state index contributed by atoms with van der Waals surface area (Å²) in [4.78, 5) is 1.31. The lowest BCUT2D eigenvalue weighted by molar-refractivity contribution is 0.700. The Morgan fingerprint density at radius 3 is 2.44 bits per heavy atom. The quantitative estimate of drug-likeness (QED) is 0.592. The molecule has 0 amide bonds. The smallest absolute Gasteiger partial charge is 0.0332 e. The molecule has 1 rings (SSSR count). The van der Waals surface area contributed by atoms with E-state index in [-0.39, 0.29) is 6.04 Å². The van der Waals surface area contributed by atoms with Crippen LogP contribution in [0, 0.1) is 0 Å². The van der Waals surface area contributed by atoms with Gasteiger partial charge in [0.25, 0.3) is 0 Å². The molecule has 0 heterocycles. The molecule has 1 atom stereocenters. The van der Waals surface area contributed by atoms with Crippen molar-refractivity contribution in [1.29, 1.82) is 0 Å². The fourth-order valence-corrected chi connectivity index (χ4v) is 2.21. The molecule has 2 heteroatoms. The van der Waals surface area contributed by atoms with Crippen molar-refractivity contribution >= 4 is 11.8 Å². The maximum absolute atomic E-state index is 6.13. The summed E-state index contributed by atoms with van der Waals surface area (Å²) in [5.74, 6) is 1.11. The number of benzene rings is 1. The van der Waals surface area contributed by atoms with Crippen LogP contribution in [0.4, 0.5) is 0 Å². The molecule has 1 unspecified atom stereocenters. The number of thioether (sulfide) groups is 1. The molecule has 0 saturated heterocycles. The van der Waals surface area contributed by atoms with Gasteiger partial charge in [-0.05, 0) is 36.3 Å². The highest BCUT2D eigenvalue weighted by Gasteiger charge is 2.06. The Labute approximate surface area is 103 Å². The van der Waals surface area contributed by atoms with Crippen molar-refractivity contribution in [3.63, 3.8) is 0 Å². The summed E-state index contributed by atoms with van der Waals surface area (Å²) in [7, 11) is 0. The Hall–Kier alpha value is -0.730. The molecular formula is C14H21NS. The highest BCUT2D eigenvalue weighted by molar-refractivity contribution is 7.99. The lowest BCUT2D eigenvalue weighted by Crippen LogP contribution is -2.10. The molecule has 0 saturated carbocycles. The minimum absolute atomic E-state index is 0.0909. The van der Waals surface area contributed by atoms with Crippen molar-refractivity contribution in [2.75, 3.05) is 5.75 Å². The van der Waals surface area contributed by atoms with Crippen molar-refractivity contribution < 1.29 is 0 Å². The molecule has 0 bridgehead atoms. The molecule has 0 aliphatic heterocycles. The summed E-state index contributed by atoms with van der Waals surface area (Å²) in [5, 5.41) is 0. The fraction of sp³-hybridized carbons (Fsp3) is 0.429. The molecule has 0 aromatic heterocycles. The van der Waals surface area contributed by atoms with Crippen LogP contribution < -0.4 is 5.73 Å². The van der Waals surface area contributed by atoms with Crippen LogP contribution >= 0.6 is 11.8 Å². The van der Waals surface area contributed by atoms with Gasteiger partial charge < -0.3 is 5.73 Å². The zero-order valence-electron chi connectivity index (χ0n) is 10.2. The van der Waals surface area contributed by atoms with Crippen LogP contribution in [-0.4, -0.2) is 5.75 Å². The molecular weight excluding hydrogens is 214 g/mol. The number of hydrogen-bond acceptors (Lipinski definition) is 2. The van der Waals surface area contributed by atoms with Gasteiger partial charge in [-0.2, -0.15) is 0 Å². The number of hydrogen-bond donors (Lipinski definition) is 1. The molecule has 1 aromatic carbocycles. The first kappa shape index (κ1) is 13.3. The maximum atomic E-state index is 6.13. The Bertz CT molecular complexity index is 329. The maximum Gasteiger partial charge on any atom is 0.0332 e. The van der Waals surface area contributed by atoms with Crippen LogP contribution in [0.25, 0.3) is 0 Å². The summed E-state index contributed by atoms with van der Waals surface area (Å²) in [6.07, 6.45) is 1.90. The van der Waals surface area contributed by atoms with Gasteiger partial charge in [-0.25, -0.2) is 0 Å². The van der Waals surface area contributed by atoms with Gasteiger partial charge in [0.1, 0.15) is 0 Å². The van der Waals surface area contributed by atoms with Gasteiger partial charge in [0.15, 0.2) is 0 Å². The third kappa shape index (κ3) is 4.03. The molecule has 2 N–H and O–H groups in total. The Morgan fingerprint density at radius 1 is 1.31 bits per heavy atom. The van der Waals surface area contributed by atoms with Crippen LogP contribution in [0.5, 0.6) is 0 Å². The van der Waals surface area contributed by atoms with E-state index in [0.29, 0.717) is 0 Å². The van der Waals surface area contributed by atoms with Crippen LogP contribution in [-0.2, 0) is 0 Å². The molecule has 0 radical (unpaired) electrons. The molecule has 0 spiro atoms. The highest BCUT2D eigenvalue weighted by atomic mass is 32.2. The lowest BCUT2D eigenvalue weighted by atomic mass is 9.99. The number of rotatable bonds is 6. The number of nitrogens with two attached hydrogens (primary N) is 1. The van der Waals surface area contributed by atoms with Crippen molar-refractivity contribution in [3.05, 3.63) is 42.0 Å². The van der Waals surface area contributed by atoms with Gasteiger partial charge in [0.2, 0.25) is 0 Å². The third-order valence-electron chi connectivity index (χ3n) is 2.63. The minimum atomic E-state index is 0.0909. The van der Waals surface area contributed by atoms with Crippen LogP contribution in [0.1, 0.15) is 38.3 Å². The Morgan fingerprint density at radius 2 is 1.94 bits per heavy atom. The lowest BCUT2D eigenvalue weighted by Gasteiger charge is -2.13. The predicted molar refractivity (Wildman–Crippen MR) is 73.8 cm³/mol. The molecule has 0 fully saturated rings. The molecule has 0 aliphatic rings. The van der Waals surface area contributed by atoms with E-state index < -0.39 is 0 Å². The van der Waals surface area contributed by atoms with Gasteiger partial charge in [0, 0.05) is 10.9 Å². The van der Waals surface area contributed by atoms with Crippen LogP contribution in [0.3, 0.4) is 0 Å². The van der Waals surface area contributed by atoms with Crippen molar-refractivity contribution in [3.8, 4) is 0 Å². The van der Waals surface area contributed by atoms with E-state index in [1.165, 1.54) is 16.0 Å². The molecule has 88 valence electrons. The van der Waals surface area contributed by atoms with Crippen LogP contribution in [0.2, 0.25) is 0 Å². The van der Waals surface area contributed by atoms with Gasteiger partial charge >= 0.3 is 0 Å². The SMILES string of the molecule is C=C(CC)CC(N)c1ccc(SCC)cc1. The zero-order valence-corrected chi connectivity index (χ0v) is 11.0. The first-order valence-electron chi connectivity index (χ1n) is 5.82. The second kappa shape index (κ2) is 6.77. The van der Waals surface area contributed by atoms with Crippen LogP contribution in [0.15, 0.2) is 41.3 Å². The van der Waals surface area contributed by atoms with Gasteiger partial charge in [-0.1, -0.05) is 38.1 Å². The highest BCUT2D eigenvalue weighted by Crippen LogP contribution is 2.23. The predicted octanol–water partition coefficient (Wildman–Crippen LogP) is 4.15. The summed E-state index contributed by atoms with van der Waals surface area (Å²) >= 11 is 1.86. The minimum Gasteiger partial charge on any atom is -0.324 e. The van der Waals surface area contributed by atoms with Gasteiger partial charge in [-0.3, -0.25) is 0 Å². The van der Waals surface area contributed by atoms with E-state index in [4.69, 9.17) is 5.73 Å². The molecule has 0 aliphatic carbocycles. The summed E-state index contributed by atoms with van der Waals surface area (Å²) in [5.41, 5.74) is 8.55. The average molecular weight is 235 g/mol. The second-order valence-corrected chi connectivity index (χ2v) is 5.25. The standard InChI is InChI=1S/C14H21NS/c1-4-11(3)10-14(15)12-6-8-13(9-7-12)16-5-2/h6-9,14H,3-5,10,15H2,1-2H3. The fourth-order valence-electron chi connectivity index (χ4n) is 1.55. The van der Waals surface area contributed by atoms with Gasteiger partial charge in [0.05, 0.1) is 0 Å². The molecule has 16 heavy (non-hydrogen) atoms. The summed E-state index contributed by atoms with van der Waals surface area (Å²) < 4.78 is 0. The molecule has 1 nitrogen and oxygen atoms in total. The summed E-state index contributed by atoms with van der Waals surface area (Å²) in [6, 6.07) is 8.65. The largest absolute Gasteiger partial charge is 0.324 e. The first-order valence-corrected chi connectivity index (χ1v) is 6.80. The monoisotopic (exact) mass is 235 g/mol.